The quantitative estimate of drug-likeness (QED) is 0.539. The second kappa shape index (κ2) is 5.70. The molecule has 3 nitrogen and oxygen atoms in total. The summed E-state index contributed by atoms with van der Waals surface area (Å²) in [6, 6.07) is 23.6. The van der Waals surface area contributed by atoms with Crippen LogP contribution < -0.4 is 0 Å². The Morgan fingerprint density at radius 1 is 0.792 bits per heavy atom. The van der Waals surface area contributed by atoms with Crippen molar-refractivity contribution >= 4 is 16.8 Å². The third-order valence-corrected chi connectivity index (χ3v) is 3.99. The number of carbonyl (C=O) groups is 1. The molecule has 0 saturated heterocycles. The van der Waals surface area contributed by atoms with E-state index in [-0.39, 0.29) is 11.5 Å². The molecule has 1 heterocycles. The van der Waals surface area contributed by atoms with Crippen molar-refractivity contribution in [3.05, 3.63) is 90.2 Å². The van der Waals surface area contributed by atoms with Crippen LogP contribution in [0.25, 0.3) is 22.1 Å². The number of phenols is 1. The molecule has 0 aliphatic rings. The van der Waals surface area contributed by atoms with Gasteiger partial charge in [0.2, 0.25) is 5.78 Å². The highest BCUT2D eigenvalue weighted by Crippen LogP contribution is 2.36. The monoisotopic (exact) mass is 314 g/mol. The number of rotatable bonds is 3. The van der Waals surface area contributed by atoms with Gasteiger partial charge in [0.1, 0.15) is 11.3 Å². The Balaban J connectivity index is 1.95. The van der Waals surface area contributed by atoms with Gasteiger partial charge in [0.25, 0.3) is 0 Å². The Bertz CT molecular complexity index is 1010. The molecule has 3 heteroatoms. The number of phenolic OH excluding ortho intramolecular Hbond substituents is 1. The predicted molar refractivity (Wildman–Crippen MR) is 93.2 cm³/mol. The average molecular weight is 314 g/mol. The fourth-order valence-corrected chi connectivity index (χ4v) is 2.84. The van der Waals surface area contributed by atoms with Crippen LogP contribution in [-0.4, -0.2) is 10.9 Å². The van der Waals surface area contributed by atoms with E-state index in [0.29, 0.717) is 16.9 Å². The maximum Gasteiger partial charge on any atom is 0.228 e. The van der Waals surface area contributed by atoms with Crippen molar-refractivity contribution in [3.63, 3.8) is 0 Å². The van der Waals surface area contributed by atoms with Gasteiger partial charge in [0.05, 0.1) is 0 Å². The summed E-state index contributed by atoms with van der Waals surface area (Å²) >= 11 is 0. The van der Waals surface area contributed by atoms with Gasteiger partial charge >= 0.3 is 0 Å². The lowest BCUT2D eigenvalue weighted by atomic mass is 9.98. The summed E-state index contributed by atoms with van der Waals surface area (Å²) in [5.41, 5.74) is 2.89. The van der Waals surface area contributed by atoms with E-state index in [4.69, 9.17) is 4.42 Å². The van der Waals surface area contributed by atoms with Crippen LogP contribution in [0.1, 0.15) is 16.1 Å². The lowest BCUT2D eigenvalue weighted by Gasteiger charge is -2.03. The molecule has 0 saturated carbocycles. The van der Waals surface area contributed by atoms with Gasteiger partial charge in [-0.1, -0.05) is 48.5 Å². The number of aromatic hydroxyl groups is 1. The van der Waals surface area contributed by atoms with Gasteiger partial charge in [-0.15, -0.1) is 0 Å². The second-order valence-corrected chi connectivity index (χ2v) is 5.54. The van der Waals surface area contributed by atoms with Crippen molar-refractivity contribution in [2.45, 2.75) is 0 Å². The van der Waals surface area contributed by atoms with Crippen molar-refractivity contribution in [2.24, 2.45) is 0 Å². The molecule has 0 radical (unpaired) electrons. The number of benzene rings is 3. The number of furan rings is 1. The number of hydrogen-bond acceptors (Lipinski definition) is 3. The summed E-state index contributed by atoms with van der Waals surface area (Å²) in [6.45, 7) is 0. The molecule has 3 aromatic carbocycles. The Morgan fingerprint density at radius 2 is 1.46 bits per heavy atom. The van der Waals surface area contributed by atoms with E-state index < -0.39 is 0 Å². The largest absolute Gasteiger partial charge is 0.508 e. The first-order valence-corrected chi connectivity index (χ1v) is 7.65. The Hall–Kier alpha value is -3.33. The van der Waals surface area contributed by atoms with Gasteiger partial charge in [0, 0.05) is 16.5 Å². The maximum atomic E-state index is 12.9. The lowest BCUT2D eigenvalue weighted by molar-refractivity contribution is 0.101. The van der Waals surface area contributed by atoms with E-state index in [1.54, 1.807) is 12.1 Å². The molecular formula is C21H14O3. The van der Waals surface area contributed by atoms with Crippen molar-refractivity contribution in [1.29, 1.82) is 0 Å². The van der Waals surface area contributed by atoms with Crippen LogP contribution in [0.3, 0.4) is 0 Å². The Kier molecular flexibility index (Phi) is 3.39. The smallest absolute Gasteiger partial charge is 0.228 e. The third kappa shape index (κ3) is 2.36. The SMILES string of the molecule is O=C(c1ccc(O)cc1)c1oc2ccccc2c1-c1ccccc1. The van der Waals surface area contributed by atoms with E-state index in [1.807, 2.05) is 54.6 Å². The molecule has 1 N–H and O–H groups in total. The summed E-state index contributed by atoms with van der Waals surface area (Å²) in [6.07, 6.45) is 0. The molecule has 0 aliphatic carbocycles. The zero-order chi connectivity index (χ0) is 16.5. The number of para-hydroxylation sites is 1. The Labute approximate surface area is 138 Å². The minimum absolute atomic E-state index is 0.124. The first-order chi connectivity index (χ1) is 11.7. The molecule has 0 fully saturated rings. The fraction of sp³-hybridized carbons (Fsp3) is 0. The summed E-state index contributed by atoms with van der Waals surface area (Å²) in [7, 11) is 0. The molecule has 0 unspecified atom stereocenters. The standard InChI is InChI=1S/C21H14O3/c22-16-12-10-15(11-13-16)20(23)21-19(14-6-2-1-3-7-14)17-8-4-5-9-18(17)24-21/h1-13,22H. The second-order valence-electron chi connectivity index (χ2n) is 5.54. The van der Waals surface area contributed by atoms with Crippen LogP contribution in [0.15, 0.2) is 83.3 Å². The molecule has 1 aromatic heterocycles. The van der Waals surface area contributed by atoms with Crippen molar-refractivity contribution in [2.75, 3.05) is 0 Å². The number of ketones is 1. The van der Waals surface area contributed by atoms with Crippen molar-refractivity contribution in [3.8, 4) is 16.9 Å². The molecule has 0 bridgehead atoms. The first-order valence-electron chi connectivity index (χ1n) is 7.65. The summed E-state index contributed by atoms with van der Waals surface area (Å²) < 4.78 is 5.89. The molecule has 0 amide bonds. The normalized spacial score (nSPS) is 10.8. The summed E-state index contributed by atoms with van der Waals surface area (Å²) in [4.78, 5) is 12.9. The number of fused-ring (bicyclic) bond motifs is 1. The lowest BCUT2D eigenvalue weighted by Crippen LogP contribution is -2.01. The van der Waals surface area contributed by atoms with Gasteiger partial charge in [-0.2, -0.15) is 0 Å². The van der Waals surface area contributed by atoms with Gasteiger partial charge in [0.15, 0.2) is 5.76 Å². The highest BCUT2D eigenvalue weighted by atomic mass is 16.3. The average Bonchev–Trinajstić information content (AvgIpc) is 3.02. The molecule has 4 aromatic rings. The van der Waals surface area contributed by atoms with Crippen molar-refractivity contribution in [1.82, 2.24) is 0 Å². The highest BCUT2D eigenvalue weighted by Gasteiger charge is 2.22. The zero-order valence-electron chi connectivity index (χ0n) is 12.8. The maximum absolute atomic E-state index is 12.9. The number of hydrogen-bond donors (Lipinski definition) is 1. The fourth-order valence-electron chi connectivity index (χ4n) is 2.84. The number of carbonyl (C=O) groups excluding carboxylic acids is 1. The van der Waals surface area contributed by atoms with Crippen LogP contribution in [-0.2, 0) is 0 Å². The summed E-state index contributed by atoms with van der Waals surface area (Å²) in [5.74, 6) is 0.234. The van der Waals surface area contributed by atoms with Gasteiger partial charge < -0.3 is 9.52 Å². The van der Waals surface area contributed by atoms with Crippen LogP contribution in [0.4, 0.5) is 0 Å². The van der Waals surface area contributed by atoms with Gasteiger partial charge in [-0.3, -0.25) is 4.79 Å². The van der Waals surface area contributed by atoms with E-state index in [9.17, 15) is 9.90 Å². The van der Waals surface area contributed by atoms with Crippen LogP contribution >= 0.6 is 0 Å². The first kappa shape index (κ1) is 14.3. The van der Waals surface area contributed by atoms with E-state index >= 15 is 0 Å². The minimum Gasteiger partial charge on any atom is -0.508 e. The van der Waals surface area contributed by atoms with Crippen LogP contribution in [0.5, 0.6) is 5.75 Å². The predicted octanol–water partition coefficient (Wildman–Crippen LogP) is 5.04. The zero-order valence-corrected chi connectivity index (χ0v) is 12.8. The third-order valence-electron chi connectivity index (χ3n) is 3.99. The Morgan fingerprint density at radius 3 is 2.21 bits per heavy atom. The highest BCUT2D eigenvalue weighted by molar-refractivity contribution is 6.15. The topological polar surface area (TPSA) is 50.4 Å². The van der Waals surface area contributed by atoms with Crippen LogP contribution in [0, 0.1) is 0 Å². The molecule has 0 spiro atoms. The van der Waals surface area contributed by atoms with E-state index in [1.165, 1.54) is 12.1 Å². The molecule has 4 rings (SSSR count). The molecule has 0 aliphatic heterocycles. The van der Waals surface area contributed by atoms with E-state index in [0.717, 1.165) is 16.5 Å². The van der Waals surface area contributed by atoms with E-state index in [2.05, 4.69) is 0 Å². The minimum atomic E-state index is -0.204. The molecule has 24 heavy (non-hydrogen) atoms. The van der Waals surface area contributed by atoms with Gasteiger partial charge in [-0.05, 0) is 35.9 Å². The molecule has 116 valence electrons. The summed E-state index contributed by atoms with van der Waals surface area (Å²) in [5, 5.41) is 10.3. The van der Waals surface area contributed by atoms with Crippen LogP contribution in [0.2, 0.25) is 0 Å². The molecule has 0 atom stereocenters. The van der Waals surface area contributed by atoms with Crippen molar-refractivity contribution < 1.29 is 14.3 Å². The van der Waals surface area contributed by atoms with Gasteiger partial charge in [-0.25, -0.2) is 0 Å². The molecular weight excluding hydrogens is 300 g/mol.